The van der Waals surface area contributed by atoms with Crippen molar-refractivity contribution >= 4 is 33.8 Å². The Labute approximate surface area is 149 Å². The minimum atomic E-state index is -0.0512. The Balaban J connectivity index is 1.60. The number of rotatable bonds is 3. The molecular formula is C19H17N3O2S. The van der Waals surface area contributed by atoms with Gasteiger partial charge in [-0.25, -0.2) is 4.98 Å². The average molecular weight is 351 g/mol. The van der Waals surface area contributed by atoms with Crippen LogP contribution in [0.5, 0.6) is 5.75 Å². The van der Waals surface area contributed by atoms with E-state index in [-0.39, 0.29) is 12.5 Å². The van der Waals surface area contributed by atoms with Gasteiger partial charge in [-0.1, -0.05) is 17.7 Å². The summed E-state index contributed by atoms with van der Waals surface area (Å²) in [5, 5.41) is 6.15. The third kappa shape index (κ3) is 3.08. The minimum absolute atomic E-state index is 0.0512. The van der Waals surface area contributed by atoms with Gasteiger partial charge in [0.1, 0.15) is 5.75 Å². The number of hydrogen-bond acceptors (Lipinski definition) is 5. The van der Waals surface area contributed by atoms with Gasteiger partial charge in [-0.05, 0) is 37.3 Å². The number of aromatic nitrogens is 1. The summed E-state index contributed by atoms with van der Waals surface area (Å²) in [5.41, 5.74) is 4.83. The average Bonchev–Trinajstić information content (AvgIpc) is 3.08. The van der Waals surface area contributed by atoms with Crippen molar-refractivity contribution in [2.24, 2.45) is 0 Å². The molecule has 1 aliphatic heterocycles. The van der Waals surface area contributed by atoms with Crippen molar-refractivity contribution in [2.75, 3.05) is 23.9 Å². The summed E-state index contributed by atoms with van der Waals surface area (Å²) >= 11 is 1.55. The lowest BCUT2D eigenvalue weighted by molar-refractivity contribution is -0.120. The van der Waals surface area contributed by atoms with Crippen LogP contribution in [0.1, 0.15) is 5.56 Å². The molecule has 6 heteroatoms. The lowest BCUT2D eigenvalue weighted by atomic mass is 10.1. The van der Waals surface area contributed by atoms with Crippen LogP contribution in [-0.4, -0.2) is 24.5 Å². The monoisotopic (exact) mass is 351 g/mol. The van der Waals surface area contributed by atoms with Crippen LogP contribution >= 0.6 is 11.3 Å². The normalized spacial score (nSPS) is 13.4. The predicted molar refractivity (Wildman–Crippen MR) is 101 cm³/mol. The molecule has 126 valence electrons. The Morgan fingerprint density at radius 2 is 2.00 bits per heavy atom. The smallest absolute Gasteiger partial charge is 0.264 e. The van der Waals surface area contributed by atoms with E-state index in [1.54, 1.807) is 23.3 Å². The van der Waals surface area contributed by atoms with Gasteiger partial charge >= 0.3 is 0 Å². The van der Waals surface area contributed by atoms with Crippen molar-refractivity contribution in [2.45, 2.75) is 6.92 Å². The van der Waals surface area contributed by atoms with E-state index in [1.807, 2.05) is 35.7 Å². The lowest BCUT2D eigenvalue weighted by Gasteiger charge is -2.26. The van der Waals surface area contributed by atoms with Crippen LogP contribution in [0.25, 0.3) is 11.3 Å². The SMILES string of the molecule is Cc1ccc(Nc2nc(-c3ccc4c(c3)N(C)C(=O)CO4)cs2)cc1. The molecule has 3 aromatic rings. The predicted octanol–water partition coefficient (Wildman–Crippen LogP) is 4.22. The number of anilines is 3. The summed E-state index contributed by atoms with van der Waals surface area (Å²) in [6.07, 6.45) is 0. The van der Waals surface area contributed by atoms with Gasteiger partial charge in [-0.3, -0.25) is 4.79 Å². The van der Waals surface area contributed by atoms with E-state index < -0.39 is 0 Å². The number of carbonyl (C=O) groups is 1. The molecule has 2 aromatic carbocycles. The Kier molecular flexibility index (Phi) is 3.89. The molecule has 1 aliphatic rings. The van der Waals surface area contributed by atoms with E-state index in [9.17, 15) is 4.79 Å². The van der Waals surface area contributed by atoms with E-state index in [0.717, 1.165) is 33.5 Å². The van der Waals surface area contributed by atoms with Crippen LogP contribution in [-0.2, 0) is 4.79 Å². The quantitative estimate of drug-likeness (QED) is 0.768. The molecule has 5 nitrogen and oxygen atoms in total. The van der Waals surface area contributed by atoms with Gasteiger partial charge in [0.25, 0.3) is 5.91 Å². The largest absolute Gasteiger partial charge is 0.482 e. The first-order valence-corrected chi connectivity index (χ1v) is 8.81. The minimum Gasteiger partial charge on any atom is -0.482 e. The molecule has 0 spiro atoms. The third-order valence-corrected chi connectivity index (χ3v) is 4.91. The zero-order valence-corrected chi connectivity index (χ0v) is 14.8. The molecule has 2 heterocycles. The maximum absolute atomic E-state index is 11.8. The Hall–Kier alpha value is -2.86. The first-order valence-electron chi connectivity index (χ1n) is 7.93. The number of fused-ring (bicyclic) bond motifs is 1. The number of aryl methyl sites for hydroxylation is 1. The van der Waals surface area contributed by atoms with Crippen molar-refractivity contribution in [1.82, 2.24) is 4.98 Å². The van der Waals surface area contributed by atoms with Gasteiger partial charge < -0.3 is 15.0 Å². The first-order chi connectivity index (χ1) is 12.1. The van der Waals surface area contributed by atoms with E-state index >= 15 is 0 Å². The van der Waals surface area contributed by atoms with Gasteiger partial charge in [0.05, 0.1) is 11.4 Å². The molecule has 25 heavy (non-hydrogen) atoms. The molecule has 0 atom stereocenters. The molecule has 0 fully saturated rings. The van der Waals surface area contributed by atoms with Crippen molar-refractivity contribution < 1.29 is 9.53 Å². The number of ether oxygens (including phenoxy) is 1. The highest BCUT2D eigenvalue weighted by molar-refractivity contribution is 7.14. The number of hydrogen-bond donors (Lipinski definition) is 1. The van der Waals surface area contributed by atoms with Crippen LogP contribution in [0.15, 0.2) is 47.8 Å². The fourth-order valence-corrected chi connectivity index (χ4v) is 3.40. The molecular weight excluding hydrogens is 334 g/mol. The van der Waals surface area contributed by atoms with E-state index in [0.29, 0.717) is 0 Å². The molecule has 0 bridgehead atoms. The van der Waals surface area contributed by atoms with Crippen molar-refractivity contribution in [3.05, 3.63) is 53.4 Å². The zero-order valence-electron chi connectivity index (χ0n) is 13.9. The summed E-state index contributed by atoms with van der Waals surface area (Å²) in [6, 6.07) is 14.0. The Bertz CT molecular complexity index is 934. The third-order valence-electron chi connectivity index (χ3n) is 4.15. The molecule has 1 N–H and O–H groups in total. The maximum Gasteiger partial charge on any atom is 0.264 e. The van der Waals surface area contributed by atoms with Crippen molar-refractivity contribution in [3.63, 3.8) is 0 Å². The summed E-state index contributed by atoms with van der Waals surface area (Å²) in [5.74, 6) is 0.670. The summed E-state index contributed by atoms with van der Waals surface area (Å²) in [6.45, 7) is 2.15. The summed E-state index contributed by atoms with van der Waals surface area (Å²) in [7, 11) is 1.76. The number of benzene rings is 2. The number of nitrogens with zero attached hydrogens (tertiary/aromatic N) is 2. The van der Waals surface area contributed by atoms with Gasteiger partial charge in [0.15, 0.2) is 11.7 Å². The molecule has 0 unspecified atom stereocenters. The van der Waals surface area contributed by atoms with E-state index in [1.165, 1.54) is 5.56 Å². The van der Waals surface area contributed by atoms with Crippen LogP contribution in [0.3, 0.4) is 0 Å². The summed E-state index contributed by atoms with van der Waals surface area (Å²) in [4.78, 5) is 18.1. The second-order valence-electron chi connectivity index (χ2n) is 5.95. The second kappa shape index (κ2) is 6.22. The standard InChI is InChI=1S/C19H17N3O2S/c1-12-3-6-14(7-4-12)20-19-21-15(11-25-19)13-5-8-17-16(9-13)22(2)18(23)10-24-17/h3-9,11H,10H2,1-2H3,(H,20,21). The molecule has 0 saturated heterocycles. The van der Waals surface area contributed by atoms with Crippen LogP contribution in [0.4, 0.5) is 16.5 Å². The Morgan fingerprint density at radius 1 is 1.20 bits per heavy atom. The fourth-order valence-electron chi connectivity index (χ4n) is 2.66. The molecule has 1 amide bonds. The van der Waals surface area contributed by atoms with Crippen LogP contribution in [0, 0.1) is 6.92 Å². The number of thiazole rings is 1. The number of likely N-dealkylation sites (N-methyl/N-ethyl adjacent to an activating group) is 1. The summed E-state index contributed by atoms with van der Waals surface area (Å²) < 4.78 is 5.47. The van der Waals surface area contributed by atoms with Gasteiger partial charge in [-0.15, -0.1) is 11.3 Å². The lowest BCUT2D eigenvalue weighted by Crippen LogP contribution is -2.35. The number of nitrogens with one attached hydrogen (secondary N) is 1. The molecule has 0 saturated carbocycles. The molecule has 0 radical (unpaired) electrons. The van der Waals surface area contributed by atoms with Gasteiger partial charge in [0.2, 0.25) is 0 Å². The maximum atomic E-state index is 11.8. The van der Waals surface area contributed by atoms with Gasteiger partial charge in [-0.2, -0.15) is 0 Å². The van der Waals surface area contributed by atoms with Crippen molar-refractivity contribution in [3.8, 4) is 17.0 Å². The number of carbonyl (C=O) groups excluding carboxylic acids is 1. The second-order valence-corrected chi connectivity index (χ2v) is 6.81. The molecule has 0 aliphatic carbocycles. The fraction of sp³-hybridized carbons (Fsp3) is 0.158. The molecule has 4 rings (SSSR count). The highest BCUT2D eigenvalue weighted by Crippen LogP contribution is 2.36. The molecule has 1 aromatic heterocycles. The highest BCUT2D eigenvalue weighted by atomic mass is 32.1. The van der Waals surface area contributed by atoms with Crippen LogP contribution in [0.2, 0.25) is 0 Å². The van der Waals surface area contributed by atoms with Crippen LogP contribution < -0.4 is 15.0 Å². The zero-order chi connectivity index (χ0) is 17.4. The highest BCUT2D eigenvalue weighted by Gasteiger charge is 2.22. The topological polar surface area (TPSA) is 54.5 Å². The van der Waals surface area contributed by atoms with Crippen molar-refractivity contribution in [1.29, 1.82) is 0 Å². The van der Waals surface area contributed by atoms with E-state index in [2.05, 4.69) is 29.4 Å². The Morgan fingerprint density at radius 3 is 2.80 bits per heavy atom. The van der Waals surface area contributed by atoms with E-state index in [4.69, 9.17) is 4.74 Å². The first kappa shape index (κ1) is 15.7. The number of amides is 1. The van der Waals surface area contributed by atoms with Gasteiger partial charge in [0, 0.05) is 23.7 Å².